The lowest BCUT2D eigenvalue weighted by atomic mass is 9.90. The molecular weight excluding hydrogens is 244 g/mol. The van der Waals surface area contributed by atoms with E-state index in [-0.39, 0.29) is 0 Å². The van der Waals surface area contributed by atoms with E-state index in [1.165, 1.54) is 32.1 Å². The summed E-state index contributed by atoms with van der Waals surface area (Å²) >= 11 is 5.02. The molecule has 0 atom stereocenters. The maximum atomic E-state index is 5.84. The Kier molecular flexibility index (Phi) is 4.53. The van der Waals surface area contributed by atoms with Gasteiger partial charge in [-0.3, -0.25) is 0 Å². The highest BCUT2D eigenvalue weighted by molar-refractivity contribution is 7.80. The van der Waals surface area contributed by atoms with Gasteiger partial charge in [0.15, 0.2) is 0 Å². The second-order valence-corrected chi connectivity index (χ2v) is 5.42. The Balaban J connectivity index is 2.03. The number of aryl methyl sites for hydroxylation is 1. The molecule has 1 aromatic heterocycles. The third-order valence-corrected chi connectivity index (χ3v) is 3.67. The highest BCUT2D eigenvalue weighted by Crippen LogP contribution is 2.25. The first-order chi connectivity index (χ1) is 8.66. The molecular formula is C14H20N2OS. The summed E-state index contributed by atoms with van der Waals surface area (Å²) in [7, 11) is 0. The molecule has 0 saturated heterocycles. The summed E-state index contributed by atoms with van der Waals surface area (Å²) in [4.78, 5) is 4.74. The lowest BCUT2D eigenvalue weighted by Crippen LogP contribution is -2.18. The van der Waals surface area contributed by atoms with E-state index in [0.29, 0.717) is 16.8 Å². The summed E-state index contributed by atoms with van der Waals surface area (Å²) in [5.74, 6) is 1.24. The molecule has 1 fully saturated rings. The predicted octanol–water partition coefficient (Wildman–Crippen LogP) is 2.98. The Labute approximate surface area is 114 Å². The summed E-state index contributed by atoms with van der Waals surface area (Å²) in [6, 6.07) is 3.79. The van der Waals surface area contributed by atoms with Crippen LogP contribution in [0.15, 0.2) is 12.1 Å². The third kappa shape index (κ3) is 3.42. The van der Waals surface area contributed by atoms with Gasteiger partial charge in [0.25, 0.3) is 0 Å². The number of rotatable bonds is 4. The third-order valence-electron chi connectivity index (χ3n) is 3.45. The average molecular weight is 264 g/mol. The van der Waals surface area contributed by atoms with Crippen LogP contribution in [0, 0.1) is 12.8 Å². The zero-order valence-electron chi connectivity index (χ0n) is 10.8. The quantitative estimate of drug-likeness (QED) is 0.849. The normalized spacial score (nSPS) is 16.5. The van der Waals surface area contributed by atoms with Crippen molar-refractivity contribution in [3.05, 3.63) is 23.4 Å². The fourth-order valence-corrected chi connectivity index (χ4v) is 2.54. The second kappa shape index (κ2) is 6.14. The van der Waals surface area contributed by atoms with Gasteiger partial charge in [-0.2, -0.15) is 0 Å². The maximum absolute atomic E-state index is 5.84. The van der Waals surface area contributed by atoms with Crippen molar-refractivity contribution in [3.8, 4) is 5.88 Å². The van der Waals surface area contributed by atoms with Gasteiger partial charge in [-0.05, 0) is 37.8 Å². The Hall–Kier alpha value is -1.16. The van der Waals surface area contributed by atoms with Crippen molar-refractivity contribution in [2.24, 2.45) is 11.7 Å². The Morgan fingerprint density at radius 1 is 1.39 bits per heavy atom. The molecule has 1 saturated carbocycles. The zero-order chi connectivity index (χ0) is 13.0. The molecule has 18 heavy (non-hydrogen) atoms. The van der Waals surface area contributed by atoms with Gasteiger partial charge < -0.3 is 10.5 Å². The molecule has 1 aromatic rings. The van der Waals surface area contributed by atoms with Gasteiger partial charge >= 0.3 is 0 Å². The van der Waals surface area contributed by atoms with E-state index in [1.807, 2.05) is 19.1 Å². The largest absolute Gasteiger partial charge is 0.477 e. The topological polar surface area (TPSA) is 48.1 Å². The lowest BCUT2D eigenvalue weighted by molar-refractivity contribution is 0.202. The summed E-state index contributed by atoms with van der Waals surface area (Å²) in [5, 5.41) is 0. The molecule has 4 heteroatoms. The number of thiocarbonyl (C=S) groups is 1. The smallest absolute Gasteiger partial charge is 0.223 e. The molecule has 0 radical (unpaired) electrons. The highest BCUT2D eigenvalue weighted by atomic mass is 32.1. The first kappa shape index (κ1) is 13.3. The number of aromatic nitrogens is 1. The standard InChI is InChI=1S/C14H20N2OS/c1-10-7-8-12(13(15)18)14(16-10)17-9-11-5-3-2-4-6-11/h7-8,11H,2-6,9H2,1H3,(H2,15,18). The van der Waals surface area contributed by atoms with Gasteiger partial charge in [0.1, 0.15) is 4.99 Å². The Morgan fingerprint density at radius 3 is 2.78 bits per heavy atom. The van der Waals surface area contributed by atoms with Crippen molar-refractivity contribution in [2.45, 2.75) is 39.0 Å². The first-order valence-electron chi connectivity index (χ1n) is 6.57. The van der Waals surface area contributed by atoms with Crippen molar-refractivity contribution in [1.82, 2.24) is 4.98 Å². The van der Waals surface area contributed by atoms with Gasteiger partial charge in [-0.25, -0.2) is 4.98 Å². The van der Waals surface area contributed by atoms with Crippen LogP contribution in [0.1, 0.15) is 43.4 Å². The van der Waals surface area contributed by atoms with Crippen molar-refractivity contribution < 1.29 is 4.74 Å². The lowest BCUT2D eigenvalue weighted by Gasteiger charge is -2.22. The SMILES string of the molecule is Cc1ccc(C(N)=S)c(OCC2CCCCC2)n1. The number of nitrogens with two attached hydrogens (primary N) is 1. The van der Waals surface area contributed by atoms with E-state index in [1.54, 1.807) is 0 Å². The molecule has 0 spiro atoms. The number of hydrogen-bond acceptors (Lipinski definition) is 3. The minimum atomic E-state index is 0.348. The summed E-state index contributed by atoms with van der Waals surface area (Å²) < 4.78 is 5.84. The van der Waals surface area contributed by atoms with Crippen LogP contribution in [0.5, 0.6) is 5.88 Å². The van der Waals surface area contributed by atoms with Gasteiger partial charge in [-0.15, -0.1) is 0 Å². The van der Waals surface area contributed by atoms with Crippen molar-refractivity contribution in [1.29, 1.82) is 0 Å². The fourth-order valence-electron chi connectivity index (χ4n) is 2.38. The van der Waals surface area contributed by atoms with Gasteiger partial charge in [0, 0.05) is 5.69 Å². The monoisotopic (exact) mass is 264 g/mol. The van der Waals surface area contributed by atoms with E-state index in [2.05, 4.69) is 4.98 Å². The van der Waals surface area contributed by atoms with Crippen molar-refractivity contribution >= 4 is 17.2 Å². The van der Waals surface area contributed by atoms with Crippen molar-refractivity contribution in [3.63, 3.8) is 0 Å². The maximum Gasteiger partial charge on any atom is 0.223 e. The van der Waals surface area contributed by atoms with Crippen LogP contribution in [0.4, 0.5) is 0 Å². The van der Waals surface area contributed by atoms with Crippen LogP contribution in [-0.2, 0) is 0 Å². The molecule has 0 unspecified atom stereocenters. The Bertz CT molecular complexity index is 428. The van der Waals surface area contributed by atoms with Crippen LogP contribution < -0.4 is 10.5 Å². The van der Waals surface area contributed by atoms with E-state index in [9.17, 15) is 0 Å². The van der Waals surface area contributed by atoms with Crippen LogP contribution in [0.3, 0.4) is 0 Å². The van der Waals surface area contributed by atoms with Crippen LogP contribution >= 0.6 is 12.2 Å². The molecule has 1 heterocycles. The van der Waals surface area contributed by atoms with E-state index < -0.39 is 0 Å². The predicted molar refractivity (Wildman–Crippen MR) is 76.9 cm³/mol. The zero-order valence-corrected chi connectivity index (χ0v) is 11.6. The summed E-state index contributed by atoms with van der Waals surface area (Å²) in [6.45, 7) is 2.67. The minimum Gasteiger partial charge on any atom is -0.477 e. The number of nitrogens with zero attached hydrogens (tertiary/aromatic N) is 1. The fraction of sp³-hybridized carbons (Fsp3) is 0.571. The van der Waals surface area contributed by atoms with Crippen LogP contribution in [-0.4, -0.2) is 16.6 Å². The van der Waals surface area contributed by atoms with Crippen molar-refractivity contribution in [2.75, 3.05) is 6.61 Å². The number of ether oxygens (including phenoxy) is 1. The van der Waals surface area contributed by atoms with Gasteiger partial charge in [0.2, 0.25) is 5.88 Å². The molecule has 98 valence electrons. The molecule has 1 aliphatic rings. The van der Waals surface area contributed by atoms with Crippen LogP contribution in [0.2, 0.25) is 0 Å². The van der Waals surface area contributed by atoms with E-state index in [4.69, 9.17) is 22.7 Å². The molecule has 0 amide bonds. The van der Waals surface area contributed by atoms with E-state index >= 15 is 0 Å². The molecule has 0 aromatic carbocycles. The molecule has 0 aliphatic heterocycles. The summed E-state index contributed by atoms with van der Waals surface area (Å²) in [6.07, 6.45) is 6.51. The molecule has 3 nitrogen and oxygen atoms in total. The number of hydrogen-bond donors (Lipinski definition) is 1. The Morgan fingerprint density at radius 2 is 2.11 bits per heavy atom. The average Bonchev–Trinajstić information content (AvgIpc) is 2.37. The van der Waals surface area contributed by atoms with Crippen LogP contribution in [0.25, 0.3) is 0 Å². The molecule has 2 N–H and O–H groups in total. The number of pyridine rings is 1. The van der Waals surface area contributed by atoms with Gasteiger partial charge in [-0.1, -0.05) is 31.5 Å². The van der Waals surface area contributed by atoms with Gasteiger partial charge in [0.05, 0.1) is 12.2 Å². The summed E-state index contributed by atoms with van der Waals surface area (Å²) in [5.41, 5.74) is 7.35. The molecule has 0 bridgehead atoms. The first-order valence-corrected chi connectivity index (χ1v) is 6.98. The minimum absolute atomic E-state index is 0.348. The molecule has 2 rings (SSSR count). The van der Waals surface area contributed by atoms with E-state index in [0.717, 1.165) is 17.9 Å². The molecule has 1 aliphatic carbocycles. The highest BCUT2D eigenvalue weighted by Gasteiger charge is 2.16. The second-order valence-electron chi connectivity index (χ2n) is 4.98.